The number of aromatic amines is 1. The maximum absolute atomic E-state index is 5.74. The Kier molecular flexibility index (Phi) is 7.37. The van der Waals surface area contributed by atoms with Crippen LogP contribution < -0.4 is 9.80 Å². The van der Waals surface area contributed by atoms with E-state index < -0.39 is 0 Å². The number of hydrogen-bond acceptors (Lipinski definition) is 7. The van der Waals surface area contributed by atoms with E-state index in [9.17, 15) is 0 Å². The number of methoxy groups -OCH3 is 2. The molecule has 0 saturated carbocycles. The zero-order valence-electron chi connectivity index (χ0n) is 18.1. The lowest BCUT2D eigenvalue weighted by Crippen LogP contribution is -2.32. The van der Waals surface area contributed by atoms with Crippen molar-refractivity contribution >= 4 is 22.4 Å². The number of hydrogen-bond donors (Lipinski definition) is 1. The van der Waals surface area contributed by atoms with Gasteiger partial charge in [-0.25, -0.2) is 4.98 Å². The fourth-order valence-electron chi connectivity index (χ4n) is 3.84. The predicted molar refractivity (Wildman–Crippen MR) is 120 cm³/mol. The first kappa shape index (κ1) is 21.6. The van der Waals surface area contributed by atoms with E-state index in [4.69, 9.17) is 18.9 Å². The van der Waals surface area contributed by atoms with E-state index in [-0.39, 0.29) is 12.8 Å². The standard InChI is InChI=1S/C23H30N4O4/c1-28-11-9-26(10-12-29-2)19-5-3-18(4-6-19)23-14-30-17-31-16-27(23)20-7-8-21-22(13-20)25-15-24-21/h3-8,13,15,23H,9-12,14,16-17H2,1-2H3,(H,24,25)/t23-/m1/s1. The molecule has 31 heavy (non-hydrogen) atoms. The van der Waals surface area contributed by atoms with Crippen molar-refractivity contribution in [1.82, 2.24) is 9.97 Å². The van der Waals surface area contributed by atoms with Crippen molar-refractivity contribution in [3.8, 4) is 0 Å². The fraction of sp³-hybridized carbons (Fsp3) is 0.435. The van der Waals surface area contributed by atoms with Gasteiger partial charge in [0.25, 0.3) is 0 Å². The van der Waals surface area contributed by atoms with Gasteiger partial charge in [0.15, 0.2) is 0 Å². The van der Waals surface area contributed by atoms with E-state index in [1.54, 1.807) is 20.5 Å². The molecule has 0 radical (unpaired) electrons. The molecular formula is C23H30N4O4. The number of fused-ring (bicyclic) bond motifs is 1. The van der Waals surface area contributed by atoms with Crippen LogP contribution in [0, 0.1) is 0 Å². The molecule has 8 heteroatoms. The van der Waals surface area contributed by atoms with Gasteiger partial charge in [0.1, 0.15) is 13.5 Å². The van der Waals surface area contributed by atoms with Crippen molar-refractivity contribution in [3.05, 3.63) is 54.4 Å². The van der Waals surface area contributed by atoms with Crippen LogP contribution in [0.3, 0.4) is 0 Å². The molecule has 2 aromatic carbocycles. The van der Waals surface area contributed by atoms with Crippen molar-refractivity contribution in [2.45, 2.75) is 6.04 Å². The molecule has 3 aromatic rings. The van der Waals surface area contributed by atoms with Crippen LogP contribution in [0.1, 0.15) is 11.6 Å². The van der Waals surface area contributed by atoms with Crippen LogP contribution in [0.2, 0.25) is 0 Å². The Bertz CT molecular complexity index is 938. The first-order valence-electron chi connectivity index (χ1n) is 10.5. The first-order valence-corrected chi connectivity index (χ1v) is 10.5. The molecule has 1 atom stereocenters. The Morgan fingerprint density at radius 3 is 2.58 bits per heavy atom. The van der Waals surface area contributed by atoms with Gasteiger partial charge in [-0.15, -0.1) is 0 Å². The Morgan fingerprint density at radius 1 is 1.06 bits per heavy atom. The minimum absolute atomic E-state index is 0.0411. The van der Waals surface area contributed by atoms with Gasteiger partial charge >= 0.3 is 0 Å². The quantitative estimate of drug-likeness (QED) is 0.563. The van der Waals surface area contributed by atoms with Gasteiger partial charge < -0.3 is 33.7 Å². The van der Waals surface area contributed by atoms with Gasteiger partial charge in [0, 0.05) is 38.7 Å². The number of H-pyrrole nitrogens is 1. The van der Waals surface area contributed by atoms with Crippen LogP contribution in [0.4, 0.5) is 11.4 Å². The number of imidazole rings is 1. The molecule has 1 N–H and O–H groups in total. The molecule has 1 aromatic heterocycles. The van der Waals surface area contributed by atoms with Gasteiger partial charge in [-0.3, -0.25) is 0 Å². The molecule has 1 aliphatic heterocycles. The third-order valence-electron chi connectivity index (χ3n) is 5.56. The van der Waals surface area contributed by atoms with Gasteiger partial charge in [-0.05, 0) is 35.9 Å². The van der Waals surface area contributed by atoms with E-state index in [0.717, 1.165) is 35.5 Å². The molecule has 2 heterocycles. The second-order valence-electron chi connectivity index (χ2n) is 7.48. The number of benzene rings is 2. The lowest BCUT2D eigenvalue weighted by atomic mass is 10.0. The maximum Gasteiger partial charge on any atom is 0.149 e. The van der Waals surface area contributed by atoms with Gasteiger partial charge in [-0.2, -0.15) is 0 Å². The molecule has 166 valence electrons. The number of aromatic nitrogens is 2. The zero-order chi connectivity index (χ0) is 21.5. The summed E-state index contributed by atoms with van der Waals surface area (Å²) in [6.45, 7) is 4.26. The zero-order valence-corrected chi connectivity index (χ0v) is 18.1. The third-order valence-corrected chi connectivity index (χ3v) is 5.56. The van der Waals surface area contributed by atoms with E-state index in [0.29, 0.717) is 26.6 Å². The van der Waals surface area contributed by atoms with Crippen molar-refractivity contribution in [1.29, 1.82) is 0 Å². The molecule has 0 unspecified atom stereocenters. The monoisotopic (exact) mass is 426 g/mol. The average molecular weight is 427 g/mol. The largest absolute Gasteiger partial charge is 0.383 e. The van der Waals surface area contributed by atoms with Crippen LogP contribution in [0.25, 0.3) is 11.0 Å². The maximum atomic E-state index is 5.74. The minimum atomic E-state index is 0.0411. The molecule has 0 spiro atoms. The second-order valence-corrected chi connectivity index (χ2v) is 7.48. The Hall–Kier alpha value is -2.65. The molecule has 8 nitrogen and oxygen atoms in total. The average Bonchev–Trinajstić information content (AvgIpc) is 3.14. The lowest BCUT2D eigenvalue weighted by molar-refractivity contribution is -0.0329. The van der Waals surface area contributed by atoms with Gasteiger partial charge in [0.05, 0.1) is 43.2 Å². The molecule has 4 rings (SSSR count). The fourth-order valence-corrected chi connectivity index (χ4v) is 3.84. The summed E-state index contributed by atoms with van der Waals surface area (Å²) in [5.74, 6) is 0. The Morgan fingerprint density at radius 2 is 1.84 bits per heavy atom. The lowest BCUT2D eigenvalue weighted by Gasteiger charge is -2.31. The number of nitrogens with one attached hydrogen (secondary N) is 1. The van der Waals surface area contributed by atoms with Crippen molar-refractivity contribution < 1.29 is 18.9 Å². The van der Waals surface area contributed by atoms with Crippen LogP contribution in [0.5, 0.6) is 0 Å². The van der Waals surface area contributed by atoms with E-state index in [1.807, 2.05) is 6.07 Å². The molecular weight excluding hydrogens is 396 g/mol. The highest BCUT2D eigenvalue weighted by atomic mass is 16.7. The summed E-state index contributed by atoms with van der Waals surface area (Å²) in [6.07, 6.45) is 1.71. The molecule has 1 aliphatic rings. The summed E-state index contributed by atoms with van der Waals surface area (Å²) in [5, 5.41) is 0. The summed E-state index contributed by atoms with van der Waals surface area (Å²) in [5.41, 5.74) is 5.33. The number of anilines is 2. The normalized spacial score (nSPS) is 17.1. The van der Waals surface area contributed by atoms with Crippen LogP contribution >= 0.6 is 0 Å². The van der Waals surface area contributed by atoms with Gasteiger partial charge in [-0.1, -0.05) is 12.1 Å². The number of ether oxygens (including phenoxy) is 4. The highest BCUT2D eigenvalue weighted by Crippen LogP contribution is 2.31. The molecule has 1 fully saturated rings. The molecule has 0 amide bonds. The first-order chi connectivity index (χ1) is 15.3. The molecule has 0 bridgehead atoms. The summed E-state index contributed by atoms with van der Waals surface area (Å²) in [4.78, 5) is 12.0. The van der Waals surface area contributed by atoms with Crippen LogP contribution in [0.15, 0.2) is 48.8 Å². The summed E-state index contributed by atoms with van der Waals surface area (Å²) < 4.78 is 22.0. The predicted octanol–water partition coefficient (Wildman–Crippen LogP) is 3.17. The molecule has 1 saturated heterocycles. The van der Waals surface area contributed by atoms with Crippen molar-refractivity contribution in [2.24, 2.45) is 0 Å². The SMILES string of the molecule is COCCN(CCOC)c1ccc([C@H]2COCOCN2c2ccc3[nH]cnc3c2)cc1. The van der Waals surface area contributed by atoms with Crippen LogP contribution in [-0.2, 0) is 18.9 Å². The number of nitrogens with zero attached hydrogens (tertiary/aromatic N) is 3. The second kappa shape index (κ2) is 10.6. The van der Waals surface area contributed by atoms with E-state index in [2.05, 4.69) is 56.2 Å². The van der Waals surface area contributed by atoms with E-state index >= 15 is 0 Å². The summed E-state index contributed by atoms with van der Waals surface area (Å²) in [6, 6.07) is 14.9. The summed E-state index contributed by atoms with van der Waals surface area (Å²) >= 11 is 0. The highest BCUT2D eigenvalue weighted by molar-refractivity contribution is 5.79. The van der Waals surface area contributed by atoms with Gasteiger partial charge in [0.2, 0.25) is 0 Å². The molecule has 0 aliphatic carbocycles. The van der Waals surface area contributed by atoms with Crippen molar-refractivity contribution in [2.75, 3.05) is 70.5 Å². The topological polar surface area (TPSA) is 72.1 Å². The minimum Gasteiger partial charge on any atom is -0.383 e. The summed E-state index contributed by atoms with van der Waals surface area (Å²) in [7, 11) is 3.45. The highest BCUT2D eigenvalue weighted by Gasteiger charge is 2.24. The smallest absolute Gasteiger partial charge is 0.149 e. The van der Waals surface area contributed by atoms with E-state index in [1.165, 1.54) is 5.56 Å². The third kappa shape index (κ3) is 5.16. The van der Waals surface area contributed by atoms with Crippen LogP contribution in [-0.4, -0.2) is 70.6 Å². The number of rotatable bonds is 9. The Balaban J connectivity index is 1.57. The van der Waals surface area contributed by atoms with Crippen molar-refractivity contribution in [3.63, 3.8) is 0 Å². The Labute approximate surface area is 182 Å².